The number of ether oxygens (including phenoxy) is 1. The Balaban J connectivity index is 1.47. The second-order valence-corrected chi connectivity index (χ2v) is 6.68. The van der Waals surface area contributed by atoms with Crippen LogP contribution in [0.25, 0.3) is 0 Å². The van der Waals surface area contributed by atoms with Crippen molar-refractivity contribution in [1.82, 2.24) is 25.0 Å². The highest BCUT2D eigenvalue weighted by Crippen LogP contribution is 2.24. The lowest BCUT2D eigenvalue weighted by atomic mass is 9.93. The molecule has 1 N–H and O–H groups in total. The Hall–Kier alpha value is -1.47. The van der Waals surface area contributed by atoms with Gasteiger partial charge in [0.15, 0.2) is 5.82 Å². The van der Waals surface area contributed by atoms with E-state index in [1.54, 1.807) is 6.33 Å². The van der Waals surface area contributed by atoms with Crippen LogP contribution in [0.1, 0.15) is 44.5 Å². The topological polar surface area (TPSA) is 72.3 Å². The molecule has 0 aliphatic carbocycles. The van der Waals surface area contributed by atoms with Crippen molar-refractivity contribution in [3.05, 3.63) is 12.2 Å². The smallest absolute Gasteiger partial charge is 0.223 e. The number of nitrogens with zero attached hydrogens (tertiary/aromatic N) is 4. The quantitative estimate of drug-likeness (QED) is 0.891. The molecule has 1 aromatic heterocycles. The van der Waals surface area contributed by atoms with Crippen molar-refractivity contribution in [3.8, 4) is 0 Å². The third kappa shape index (κ3) is 3.90. The van der Waals surface area contributed by atoms with E-state index in [9.17, 15) is 4.79 Å². The highest BCUT2D eigenvalue weighted by molar-refractivity contribution is 5.79. The summed E-state index contributed by atoms with van der Waals surface area (Å²) in [7, 11) is 1.89. The van der Waals surface area contributed by atoms with Crippen molar-refractivity contribution in [2.24, 2.45) is 13.0 Å². The Bertz CT molecular complexity index is 518. The molecule has 23 heavy (non-hydrogen) atoms. The molecule has 3 heterocycles. The highest BCUT2D eigenvalue weighted by atomic mass is 16.5. The molecule has 1 amide bonds. The van der Waals surface area contributed by atoms with E-state index in [-0.39, 0.29) is 17.9 Å². The Labute approximate surface area is 137 Å². The molecule has 0 unspecified atom stereocenters. The van der Waals surface area contributed by atoms with Crippen LogP contribution in [-0.2, 0) is 16.6 Å². The summed E-state index contributed by atoms with van der Waals surface area (Å²) >= 11 is 0. The summed E-state index contributed by atoms with van der Waals surface area (Å²) in [5.41, 5.74) is 0. The number of piperidine rings is 1. The van der Waals surface area contributed by atoms with Gasteiger partial charge < -0.3 is 19.5 Å². The molecule has 1 atom stereocenters. The number of nitrogens with one attached hydrogen (secondary N) is 1. The average Bonchev–Trinajstić information content (AvgIpc) is 3.02. The van der Waals surface area contributed by atoms with Crippen molar-refractivity contribution in [2.45, 2.75) is 44.7 Å². The minimum absolute atomic E-state index is 0.108. The van der Waals surface area contributed by atoms with Crippen LogP contribution in [0.15, 0.2) is 6.33 Å². The van der Waals surface area contributed by atoms with Gasteiger partial charge in [0.25, 0.3) is 0 Å². The van der Waals surface area contributed by atoms with Crippen LogP contribution in [-0.4, -0.2) is 57.9 Å². The number of aromatic nitrogens is 3. The van der Waals surface area contributed by atoms with Gasteiger partial charge in [-0.1, -0.05) is 0 Å². The van der Waals surface area contributed by atoms with Crippen molar-refractivity contribution in [1.29, 1.82) is 0 Å². The average molecular weight is 321 g/mol. The summed E-state index contributed by atoms with van der Waals surface area (Å²) in [6, 6.07) is 0.536. The molecule has 0 radical (unpaired) electrons. The predicted molar refractivity (Wildman–Crippen MR) is 85.7 cm³/mol. The van der Waals surface area contributed by atoms with E-state index in [0.717, 1.165) is 57.8 Å². The van der Waals surface area contributed by atoms with Gasteiger partial charge in [-0.05, 0) is 45.7 Å². The second-order valence-electron chi connectivity index (χ2n) is 6.68. The molecular weight excluding hydrogens is 294 g/mol. The van der Waals surface area contributed by atoms with Gasteiger partial charge >= 0.3 is 0 Å². The van der Waals surface area contributed by atoms with Gasteiger partial charge in [0.1, 0.15) is 6.33 Å². The first-order valence-electron chi connectivity index (χ1n) is 8.61. The molecule has 2 aliphatic rings. The van der Waals surface area contributed by atoms with Crippen LogP contribution in [0.5, 0.6) is 0 Å². The van der Waals surface area contributed by atoms with Crippen LogP contribution in [0, 0.1) is 5.92 Å². The van der Waals surface area contributed by atoms with E-state index in [0.29, 0.717) is 6.04 Å². The van der Waals surface area contributed by atoms with Crippen molar-refractivity contribution in [2.75, 3.05) is 26.3 Å². The van der Waals surface area contributed by atoms with Gasteiger partial charge in [-0.2, -0.15) is 0 Å². The molecule has 7 heteroatoms. The van der Waals surface area contributed by atoms with Gasteiger partial charge in [0.05, 0.1) is 6.04 Å². The fraction of sp³-hybridized carbons (Fsp3) is 0.812. The maximum Gasteiger partial charge on any atom is 0.223 e. The Morgan fingerprint density at radius 2 is 2.00 bits per heavy atom. The lowest BCUT2D eigenvalue weighted by molar-refractivity contribution is -0.127. The fourth-order valence-corrected chi connectivity index (χ4v) is 3.66. The predicted octanol–water partition coefficient (Wildman–Crippen LogP) is 0.883. The minimum Gasteiger partial charge on any atom is -0.381 e. The van der Waals surface area contributed by atoms with E-state index < -0.39 is 0 Å². The van der Waals surface area contributed by atoms with Crippen LogP contribution in [0.4, 0.5) is 0 Å². The second kappa shape index (κ2) is 7.40. The largest absolute Gasteiger partial charge is 0.381 e. The maximum absolute atomic E-state index is 12.5. The number of rotatable bonds is 4. The summed E-state index contributed by atoms with van der Waals surface area (Å²) in [6.07, 6.45) is 5.79. The van der Waals surface area contributed by atoms with Crippen molar-refractivity contribution < 1.29 is 9.53 Å². The van der Waals surface area contributed by atoms with Gasteiger partial charge in [0, 0.05) is 32.2 Å². The zero-order valence-corrected chi connectivity index (χ0v) is 14.1. The number of hydrogen-bond acceptors (Lipinski definition) is 5. The SMILES string of the molecule is C[C@H](NC(=O)C1CCN(C2CCOCC2)CC1)c1nncn1C. The first-order chi connectivity index (χ1) is 11.1. The summed E-state index contributed by atoms with van der Waals surface area (Å²) < 4.78 is 7.28. The van der Waals surface area contributed by atoms with Gasteiger partial charge in [0.2, 0.25) is 5.91 Å². The van der Waals surface area contributed by atoms with Crippen LogP contribution >= 0.6 is 0 Å². The Morgan fingerprint density at radius 3 is 2.61 bits per heavy atom. The molecule has 0 spiro atoms. The molecule has 2 aliphatic heterocycles. The zero-order chi connectivity index (χ0) is 16.2. The van der Waals surface area contributed by atoms with E-state index in [4.69, 9.17) is 4.74 Å². The van der Waals surface area contributed by atoms with Crippen molar-refractivity contribution >= 4 is 5.91 Å². The molecule has 0 bridgehead atoms. The molecule has 128 valence electrons. The highest BCUT2D eigenvalue weighted by Gasteiger charge is 2.30. The molecule has 2 fully saturated rings. The number of carbonyl (C=O) groups excluding carboxylic acids is 1. The summed E-state index contributed by atoms with van der Waals surface area (Å²) in [5, 5.41) is 11.0. The fourth-order valence-electron chi connectivity index (χ4n) is 3.66. The molecule has 0 saturated carbocycles. The first kappa shape index (κ1) is 16.4. The third-order valence-corrected chi connectivity index (χ3v) is 5.10. The van der Waals surface area contributed by atoms with Crippen LogP contribution < -0.4 is 5.32 Å². The molecule has 3 rings (SSSR count). The first-order valence-corrected chi connectivity index (χ1v) is 8.61. The van der Waals surface area contributed by atoms with Crippen molar-refractivity contribution in [3.63, 3.8) is 0 Å². The van der Waals surface area contributed by atoms with Gasteiger partial charge in [-0.15, -0.1) is 10.2 Å². The Kier molecular flexibility index (Phi) is 5.27. The standard InChI is InChI=1S/C16H27N5O2/c1-12(15-19-17-11-20(15)2)18-16(22)13-3-7-21(8-4-13)14-5-9-23-10-6-14/h11-14H,3-10H2,1-2H3,(H,18,22)/t12-/m0/s1. The van der Waals surface area contributed by atoms with E-state index in [1.807, 2.05) is 18.5 Å². The number of likely N-dealkylation sites (tertiary alicyclic amines) is 1. The Morgan fingerprint density at radius 1 is 1.30 bits per heavy atom. The lowest BCUT2D eigenvalue weighted by Crippen LogP contribution is -2.47. The lowest BCUT2D eigenvalue weighted by Gasteiger charge is -2.39. The molecule has 7 nitrogen and oxygen atoms in total. The zero-order valence-electron chi connectivity index (χ0n) is 14.1. The van der Waals surface area contributed by atoms with Crippen LogP contribution in [0.2, 0.25) is 0 Å². The molecular formula is C16H27N5O2. The van der Waals surface area contributed by atoms with Crippen LogP contribution in [0.3, 0.4) is 0 Å². The monoisotopic (exact) mass is 321 g/mol. The number of aryl methyl sites for hydroxylation is 1. The minimum atomic E-state index is -0.108. The van der Waals surface area contributed by atoms with E-state index in [1.165, 1.54) is 0 Å². The molecule has 1 aromatic rings. The van der Waals surface area contributed by atoms with E-state index >= 15 is 0 Å². The number of hydrogen-bond donors (Lipinski definition) is 1. The van der Waals surface area contributed by atoms with Gasteiger partial charge in [-0.3, -0.25) is 4.79 Å². The summed E-state index contributed by atoms with van der Waals surface area (Å²) in [5.74, 6) is 1.05. The maximum atomic E-state index is 12.5. The number of amides is 1. The van der Waals surface area contributed by atoms with Gasteiger partial charge in [-0.25, -0.2) is 0 Å². The molecule has 2 saturated heterocycles. The summed E-state index contributed by atoms with van der Waals surface area (Å²) in [4.78, 5) is 15.0. The number of carbonyl (C=O) groups is 1. The summed E-state index contributed by atoms with van der Waals surface area (Å²) in [6.45, 7) is 5.74. The molecule has 0 aromatic carbocycles. The van der Waals surface area contributed by atoms with E-state index in [2.05, 4.69) is 20.4 Å². The normalized spacial score (nSPS) is 22.9. The third-order valence-electron chi connectivity index (χ3n) is 5.10.